The van der Waals surface area contributed by atoms with Crippen LogP contribution >= 0.6 is 0 Å². The molecule has 1 N–H and O–H groups in total. The zero-order chi connectivity index (χ0) is 15.4. The minimum Gasteiger partial charge on any atom is -0.476 e. The number of anilines is 2. The molecule has 0 atom stereocenters. The Bertz CT molecular complexity index is 630. The normalized spacial score (nSPS) is 15.5. The first-order chi connectivity index (χ1) is 10.7. The summed E-state index contributed by atoms with van der Waals surface area (Å²) in [4.78, 5) is 23.5. The van der Waals surface area contributed by atoms with E-state index in [9.17, 15) is 4.79 Å². The van der Waals surface area contributed by atoms with Crippen molar-refractivity contribution in [2.75, 3.05) is 36.0 Å². The molecule has 2 aromatic rings. The van der Waals surface area contributed by atoms with Crippen LogP contribution in [0.1, 0.15) is 16.9 Å². The molecule has 1 aromatic heterocycles. The van der Waals surface area contributed by atoms with Crippen molar-refractivity contribution in [3.05, 3.63) is 48.4 Å². The van der Waals surface area contributed by atoms with Gasteiger partial charge in [-0.25, -0.2) is 14.8 Å². The molecule has 0 bridgehead atoms. The van der Waals surface area contributed by atoms with Gasteiger partial charge in [-0.1, -0.05) is 18.2 Å². The van der Waals surface area contributed by atoms with Crippen molar-refractivity contribution in [3.63, 3.8) is 0 Å². The van der Waals surface area contributed by atoms with Crippen LogP contribution in [-0.2, 0) is 0 Å². The third kappa shape index (κ3) is 3.16. The fraction of sp³-hybridized carbons (Fsp3) is 0.312. The summed E-state index contributed by atoms with van der Waals surface area (Å²) in [5.74, 6) is -0.315. The highest BCUT2D eigenvalue weighted by atomic mass is 16.4. The first kappa shape index (κ1) is 14.3. The Morgan fingerprint density at radius 3 is 2.36 bits per heavy atom. The minimum absolute atomic E-state index is 0.0236. The number of nitrogens with zero attached hydrogens (tertiary/aromatic N) is 4. The first-order valence-electron chi connectivity index (χ1n) is 7.34. The van der Waals surface area contributed by atoms with E-state index < -0.39 is 5.97 Å². The molecule has 6 heteroatoms. The maximum atomic E-state index is 10.8. The van der Waals surface area contributed by atoms with Crippen molar-refractivity contribution in [1.82, 2.24) is 9.97 Å². The van der Waals surface area contributed by atoms with E-state index >= 15 is 0 Å². The van der Waals surface area contributed by atoms with Gasteiger partial charge in [-0.05, 0) is 18.6 Å². The Morgan fingerprint density at radius 1 is 0.955 bits per heavy atom. The lowest BCUT2D eigenvalue weighted by atomic mass is 10.3. The molecule has 2 heterocycles. The summed E-state index contributed by atoms with van der Waals surface area (Å²) in [7, 11) is 0. The van der Waals surface area contributed by atoms with E-state index in [1.54, 1.807) is 6.20 Å². The quantitative estimate of drug-likeness (QED) is 0.933. The Kier molecular flexibility index (Phi) is 4.18. The number of carboxylic acid groups (broad SMARTS) is 1. The largest absolute Gasteiger partial charge is 0.476 e. The summed E-state index contributed by atoms with van der Waals surface area (Å²) in [6.07, 6.45) is 3.89. The van der Waals surface area contributed by atoms with Gasteiger partial charge in [-0.2, -0.15) is 0 Å². The topological polar surface area (TPSA) is 69.6 Å². The minimum atomic E-state index is -1.05. The zero-order valence-electron chi connectivity index (χ0n) is 12.2. The van der Waals surface area contributed by atoms with Gasteiger partial charge in [0.1, 0.15) is 5.82 Å². The molecule has 1 aromatic carbocycles. The number of carbonyl (C=O) groups is 1. The summed E-state index contributed by atoms with van der Waals surface area (Å²) in [6, 6.07) is 10.4. The van der Waals surface area contributed by atoms with Crippen LogP contribution in [0.5, 0.6) is 0 Å². The molecule has 1 fully saturated rings. The molecule has 0 radical (unpaired) electrons. The van der Waals surface area contributed by atoms with Crippen molar-refractivity contribution in [1.29, 1.82) is 0 Å². The van der Waals surface area contributed by atoms with Gasteiger partial charge in [0.2, 0.25) is 0 Å². The van der Waals surface area contributed by atoms with Crippen LogP contribution in [0.4, 0.5) is 11.5 Å². The summed E-state index contributed by atoms with van der Waals surface area (Å²) in [5.41, 5.74) is 1.21. The van der Waals surface area contributed by atoms with E-state index in [0.29, 0.717) is 0 Å². The average Bonchev–Trinajstić information content (AvgIpc) is 2.82. The van der Waals surface area contributed by atoms with E-state index in [4.69, 9.17) is 5.11 Å². The number of hydrogen-bond donors (Lipinski definition) is 1. The van der Waals surface area contributed by atoms with Crippen LogP contribution in [0.15, 0.2) is 42.7 Å². The zero-order valence-corrected chi connectivity index (χ0v) is 12.2. The van der Waals surface area contributed by atoms with E-state index in [1.165, 1.54) is 11.9 Å². The van der Waals surface area contributed by atoms with E-state index in [1.807, 2.05) is 18.2 Å². The van der Waals surface area contributed by atoms with Crippen LogP contribution in [0.25, 0.3) is 0 Å². The molecule has 22 heavy (non-hydrogen) atoms. The molecule has 114 valence electrons. The number of para-hydroxylation sites is 1. The van der Waals surface area contributed by atoms with E-state index in [0.717, 1.165) is 38.4 Å². The monoisotopic (exact) mass is 298 g/mol. The number of carboxylic acids is 1. The van der Waals surface area contributed by atoms with Gasteiger partial charge in [-0.3, -0.25) is 0 Å². The maximum absolute atomic E-state index is 10.8. The van der Waals surface area contributed by atoms with Gasteiger partial charge in [0.25, 0.3) is 0 Å². The van der Waals surface area contributed by atoms with Crippen molar-refractivity contribution in [3.8, 4) is 0 Å². The Balaban J connectivity index is 1.68. The fourth-order valence-corrected chi connectivity index (χ4v) is 2.64. The molecule has 0 saturated carbocycles. The average molecular weight is 298 g/mol. The van der Waals surface area contributed by atoms with Crippen molar-refractivity contribution in [2.24, 2.45) is 0 Å². The molecule has 1 aliphatic heterocycles. The van der Waals surface area contributed by atoms with E-state index in [2.05, 4.69) is 31.9 Å². The van der Waals surface area contributed by atoms with E-state index in [-0.39, 0.29) is 5.69 Å². The third-order valence-electron chi connectivity index (χ3n) is 3.80. The molecule has 6 nitrogen and oxygen atoms in total. The Morgan fingerprint density at radius 2 is 1.68 bits per heavy atom. The van der Waals surface area contributed by atoms with Gasteiger partial charge in [0.05, 0.1) is 12.4 Å². The molecule has 0 unspecified atom stereocenters. The van der Waals surface area contributed by atoms with Gasteiger partial charge < -0.3 is 14.9 Å². The lowest BCUT2D eigenvalue weighted by Gasteiger charge is -2.24. The Labute approximate surface area is 129 Å². The van der Waals surface area contributed by atoms with Gasteiger partial charge in [0, 0.05) is 31.9 Å². The van der Waals surface area contributed by atoms with Crippen molar-refractivity contribution >= 4 is 17.5 Å². The van der Waals surface area contributed by atoms with Crippen molar-refractivity contribution in [2.45, 2.75) is 6.42 Å². The van der Waals surface area contributed by atoms with Crippen molar-refractivity contribution < 1.29 is 9.90 Å². The number of aromatic nitrogens is 2. The van der Waals surface area contributed by atoms with Crippen LogP contribution in [0.2, 0.25) is 0 Å². The lowest BCUT2D eigenvalue weighted by molar-refractivity contribution is 0.0690. The lowest BCUT2D eigenvalue weighted by Crippen LogP contribution is -2.31. The molecule has 3 rings (SSSR count). The highest BCUT2D eigenvalue weighted by Crippen LogP contribution is 2.18. The van der Waals surface area contributed by atoms with Gasteiger partial charge in [0.15, 0.2) is 5.69 Å². The maximum Gasteiger partial charge on any atom is 0.356 e. The van der Waals surface area contributed by atoms with Gasteiger partial charge in [-0.15, -0.1) is 0 Å². The number of benzene rings is 1. The molecule has 0 aliphatic carbocycles. The molecule has 0 spiro atoms. The second kappa shape index (κ2) is 6.43. The predicted molar refractivity (Wildman–Crippen MR) is 84.5 cm³/mol. The Hall–Kier alpha value is -2.63. The predicted octanol–water partition coefficient (Wildman–Crippen LogP) is 1.89. The SMILES string of the molecule is O=C(O)c1cnc(N2CCCN(c3ccccc3)CC2)cn1. The van der Waals surface area contributed by atoms with Crippen LogP contribution in [-0.4, -0.2) is 47.2 Å². The second-order valence-electron chi connectivity index (χ2n) is 5.23. The highest BCUT2D eigenvalue weighted by Gasteiger charge is 2.17. The summed E-state index contributed by atoms with van der Waals surface area (Å²) >= 11 is 0. The molecule has 0 amide bonds. The summed E-state index contributed by atoms with van der Waals surface area (Å²) in [6.45, 7) is 3.65. The molecule has 1 saturated heterocycles. The third-order valence-corrected chi connectivity index (χ3v) is 3.80. The standard InChI is InChI=1S/C16H18N4O2/c21-16(22)14-11-18-15(12-17-14)20-8-4-7-19(9-10-20)13-5-2-1-3-6-13/h1-3,5-6,11-12H,4,7-10H2,(H,21,22). The summed E-state index contributed by atoms with van der Waals surface area (Å²) < 4.78 is 0. The highest BCUT2D eigenvalue weighted by molar-refractivity contribution is 5.84. The second-order valence-corrected chi connectivity index (χ2v) is 5.23. The van der Waals surface area contributed by atoms with Crippen LogP contribution in [0, 0.1) is 0 Å². The van der Waals surface area contributed by atoms with Gasteiger partial charge >= 0.3 is 5.97 Å². The molecular formula is C16H18N4O2. The number of aromatic carboxylic acids is 1. The van der Waals surface area contributed by atoms with Crippen LogP contribution in [0.3, 0.4) is 0 Å². The number of rotatable bonds is 3. The molecular weight excluding hydrogens is 280 g/mol. The summed E-state index contributed by atoms with van der Waals surface area (Å²) in [5, 5.41) is 8.87. The first-order valence-corrected chi connectivity index (χ1v) is 7.34. The molecule has 1 aliphatic rings. The van der Waals surface area contributed by atoms with Crippen LogP contribution < -0.4 is 9.80 Å². The number of hydrogen-bond acceptors (Lipinski definition) is 5. The smallest absolute Gasteiger partial charge is 0.356 e. The fourth-order valence-electron chi connectivity index (χ4n) is 2.64.